The SMILES string of the molecule is CN(C)CC=CC(=O)N1CCN(c2ncnc3cc(Cl)c(-c4ccc(Cl)cc4)cc23)CC1C#N. The van der Waals surface area contributed by atoms with E-state index in [0.717, 1.165) is 16.5 Å². The molecule has 1 saturated heterocycles. The second-order valence-electron chi connectivity index (χ2n) is 8.34. The first-order valence-corrected chi connectivity index (χ1v) is 11.6. The number of fused-ring (bicyclic) bond motifs is 1. The van der Waals surface area contributed by atoms with Gasteiger partial charge in [0.1, 0.15) is 18.2 Å². The maximum absolute atomic E-state index is 12.7. The van der Waals surface area contributed by atoms with Crippen LogP contribution in [0.25, 0.3) is 22.0 Å². The van der Waals surface area contributed by atoms with Gasteiger partial charge in [-0.3, -0.25) is 4.79 Å². The van der Waals surface area contributed by atoms with E-state index in [0.29, 0.717) is 47.6 Å². The third-order valence-electron chi connectivity index (χ3n) is 5.70. The van der Waals surface area contributed by atoms with Crippen LogP contribution in [0.5, 0.6) is 0 Å². The Balaban J connectivity index is 1.63. The molecule has 1 fully saturated rings. The third kappa shape index (κ3) is 5.15. The molecule has 0 radical (unpaired) electrons. The van der Waals surface area contributed by atoms with Crippen LogP contribution in [0.2, 0.25) is 10.0 Å². The van der Waals surface area contributed by atoms with E-state index in [1.54, 1.807) is 11.0 Å². The molecular weight excluding hydrogens is 471 g/mol. The minimum absolute atomic E-state index is 0.155. The van der Waals surface area contributed by atoms with Crippen LogP contribution < -0.4 is 4.90 Å². The first kappa shape index (κ1) is 24.0. The van der Waals surface area contributed by atoms with E-state index in [1.807, 2.05) is 66.4 Å². The number of benzene rings is 2. The summed E-state index contributed by atoms with van der Waals surface area (Å²) in [6, 6.07) is 13.0. The van der Waals surface area contributed by atoms with Crippen molar-refractivity contribution in [1.82, 2.24) is 19.8 Å². The number of amides is 1. The molecule has 0 bridgehead atoms. The number of piperazine rings is 1. The summed E-state index contributed by atoms with van der Waals surface area (Å²) in [4.78, 5) is 27.2. The minimum Gasteiger partial charge on any atom is -0.351 e. The summed E-state index contributed by atoms with van der Waals surface area (Å²) in [7, 11) is 3.87. The molecule has 1 amide bonds. The molecule has 4 rings (SSSR count). The highest BCUT2D eigenvalue weighted by atomic mass is 35.5. The highest BCUT2D eigenvalue weighted by molar-refractivity contribution is 6.34. The van der Waals surface area contributed by atoms with Gasteiger partial charge in [-0.15, -0.1) is 0 Å². The van der Waals surface area contributed by atoms with Crippen LogP contribution in [0.1, 0.15) is 0 Å². The van der Waals surface area contributed by atoms with Crippen molar-refractivity contribution in [3.8, 4) is 17.2 Å². The van der Waals surface area contributed by atoms with Gasteiger partial charge in [0.15, 0.2) is 0 Å². The lowest BCUT2D eigenvalue weighted by atomic mass is 10.0. The van der Waals surface area contributed by atoms with E-state index in [9.17, 15) is 10.1 Å². The molecule has 0 aliphatic carbocycles. The van der Waals surface area contributed by atoms with Crippen molar-refractivity contribution >= 4 is 45.8 Å². The summed E-state index contributed by atoms with van der Waals surface area (Å²) in [5, 5.41) is 11.8. The number of rotatable bonds is 5. The monoisotopic (exact) mass is 494 g/mol. The molecule has 1 aromatic heterocycles. The van der Waals surface area contributed by atoms with E-state index in [2.05, 4.69) is 16.0 Å². The van der Waals surface area contributed by atoms with Crippen LogP contribution in [0.15, 0.2) is 54.9 Å². The van der Waals surface area contributed by atoms with Crippen LogP contribution in [0, 0.1) is 11.3 Å². The fraction of sp³-hybridized carbons (Fsp3) is 0.280. The largest absolute Gasteiger partial charge is 0.351 e. The average molecular weight is 495 g/mol. The lowest BCUT2D eigenvalue weighted by molar-refractivity contribution is -0.127. The number of hydrogen-bond donors (Lipinski definition) is 0. The molecule has 2 aromatic carbocycles. The van der Waals surface area contributed by atoms with Crippen LogP contribution >= 0.6 is 23.2 Å². The maximum Gasteiger partial charge on any atom is 0.247 e. The quantitative estimate of drug-likeness (QED) is 0.493. The Morgan fingerprint density at radius 1 is 1.21 bits per heavy atom. The summed E-state index contributed by atoms with van der Waals surface area (Å²) in [5.41, 5.74) is 2.49. The van der Waals surface area contributed by atoms with Gasteiger partial charge in [-0.1, -0.05) is 41.4 Å². The summed E-state index contributed by atoms with van der Waals surface area (Å²) in [6.45, 7) is 1.99. The van der Waals surface area contributed by atoms with Crippen LogP contribution in [-0.4, -0.2) is 72.0 Å². The normalized spacial score (nSPS) is 16.4. The van der Waals surface area contributed by atoms with Gasteiger partial charge in [0.05, 0.1) is 23.2 Å². The molecule has 0 N–H and O–H groups in total. The van der Waals surface area contributed by atoms with Gasteiger partial charge >= 0.3 is 0 Å². The lowest BCUT2D eigenvalue weighted by Crippen LogP contribution is -2.54. The van der Waals surface area contributed by atoms with Gasteiger partial charge < -0.3 is 14.7 Å². The molecule has 9 heteroatoms. The molecule has 0 spiro atoms. The number of hydrogen-bond acceptors (Lipinski definition) is 6. The fourth-order valence-corrected chi connectivity index (χ4v) is 4.37. The van der Waals surface area contributed by atoms with Gasteiger partial charge in [-0.2, -0.15) is 5.26 Å². The second kappa shape index (κ2) is 10.4. The van der Waals surface area contributed by atoms with E-state index in [-0.39, 0.29) is 5.91 Å². The summed E-state index contributed by atoms with van der Waals surface area (Å²) >= 11 is 12.6. The van der Waals surface area contributed by atoms with Crippen molar-refractivity contribution in [3.05, 3.63) is 64.9 Å². The number of aromatic nitrogens is 2. The van der Waals surface area contributed by atoms with Crippen molar-refractivity contribution in [2.75, 3.05) is 45.2 Å². The van der Waals surface area contributed by atoms with Crippen molar-refractivity contribution in [2.45, 2.75) is 6.04 Å². The van der Waals surface area contributed by atoms with Crippen LogP contribution in [0.3, 0.4) is 0 Å². The number of nitrogens with zero attached hydrogens (tertiary/aromatic N) is 6. The summed E-state index contributed by atoms with van der Waals surface area (Å²) in [6.07, 6.45) is 4.85. The molecule has 1 aliphatic heterocycles. The standard InChI is InChI=1S/C25H24Cl2N6O/c1-31(2)9-3-4-24(34)33-11-10-32(15-19(33)14-28)25-21-12-20(17-5-7-18(26)8-6-17)22(27)13-23(21)29-16-30-25/h3-8,12-13,16,19H,9-11,15H2,1-2H3. The highest BCUT2D eigenvalue weighted by Crippen LogP contribution is 2.35. The van der Waals surface area contributed by atoms with Gasteiger partial charge in [0, 0.05) is 41.7 Å². The lowest BCUT2D eigenvalue weighted by Gasteiger charge is -2.38. The van der Waals surface area contributed by atoms with Crippen molar-refractivity contribution in [3.63, 3.8) is 0 Å². The van der Waals surface area contributed by atoms with E-state index < -0.39 is 6.04 Å². The van der Waals surface area contributed by atoms with E-state index in [1.165, 1.54) is 6.33 Å². The van der Waals surface area contributed by atoms with Crippen molar-refractivity contribution < 1.29 is 4.79 Å². The Morgan fingerprint density at radius 3 is 2.68 bits per heavy atom. The zero-order chi connectivity index (χ0) is 24.2. The van der Waals surface area contributed by atoms with Gasteiger partial charge in [-0.25, -0.2) is 9.97 Å². The second-order valence-corrected chi connectivity index (χ2v) is 9.18. The number of anilines is 1. The third-order valence-corrected chi connectivity index (χ3v) is 6.27. The molecule has 7 nitrogen and oxygen atoms in total. The first-order chi connectivity index (χ1) is 16.4. The zero-order valence-electron chi connectivity index (χ0n) is 18.9. The Labute approximate surface area is 208 Å². The molecule has 174 valence electrons. The number of nitriles is 1. The van der Waals surface area contributed by atoms with Gasteiger partial charge in [-0.05, 0) is 43.9 Å². The molecule has 0 saturated carbocycles. The predicted molar refractivity (Wildman–Crippen MR) is 136 cm³/mol. The highest BCUT2D eigenvalue weighted by Gasteiger charge is 2.31. The number of carbonyl (C=O) groups excluding carboxylic acids is 1. The predicted octanol–water partition coefficient (Wildman–Crippen LogP) is 4.26. The van der Waals surface area contributed by atoms with Crippen LogP contribution in [0.4, 0.5) is 5.82 Å². The summed E-state index contributed by atoms with van der Waals surface area (Å²) in [5.74, 6) is 0.560. The maximum atomic E-state index is 12.7. The Kier molecular flexibility index (Phi) is 7.32. The topological polar surface area (TPSA) is 76.4 Å². The number of halogens is 2. The van der Waals surface area contributed by atoms with Crippen molar-refractivity contribution in [1.29, 1.82) is 5.26 Å². The smallest absolute Gasteiger partial charge is 0.247 e. The zero-order valence-corrected chi connectivity index (χ0v) is 20.5. The molecule has 1 atom stereocenters. The number of likely N-dealkylation sites (N-methyl/N-ethyl adjacent to an activating group) is 1. The van der Waals surface area contributed by atoms with E-state index >= 15 is 0 Å². The Bertz CT molecular complexity index is 1270. The van der Waals surface area contributed by atoms with Gasteiger partial charge in [0.2, 0.25) is 5.91 Å². The van der Waals surface area contributed by atoms with E-state index in [4.69, 9.17) is 23.2 Å². The van der Waals surface area contributed by atoms with Crippen molar-refractivity contribution in [2.24, 2.45) is 0 Å². The Hall–Kier alpha value is -3.18. The molecule has 2 heterocycles. The van der Waals surface area contributed by atoms with Crippen LogP contribution in [-0.2, 0) is 4.79 Å². The molecule has 3 aromatic rings. The minimum atomic E-state index is -0.585. The Morgan fingerprint density at radius 2 is 1.97 bits per heavy atom. The molecule has 1 unspecified atom stereocenters. The number of carbonyl (C=O) groups is 1. The summed E-state index contributed by atoms with van der Waals surface area (Å²) < 4.78 is 0. The van der Waals surface area contributed by atoms with Gasteiger partial charge in [0.25, 0.3) is 0 Å². The first-order valence-electron chi connectivity index (χ1n) is 10.8. The molecule has 34 heavy (non-hydrogen) atoms. The molecular formula is C25H24Cl2N6O. The average Bonchev–Trinajstić information content (AvgIpc) is 2.83. The molecule has 1 aliphatic rings. The fourth-order valence-electron chi connectivity index (χ4n) is 3.98.